The molecule has 1 aromatic rings. The lowest BCUT2D eigenvalue weighted by Crippen LogP contribution is -2.37. The third kappa shape index (κ3) is 6.30. The molecule has 0 spiro atoms. The molecule has 9 nitrogen and oxygen atoms in total. The van der Waals surface area contributed by atoms with E-state index >= 15 is 0 Å². The van der Waals surface area contributed by atoms with Crippen molar-refractivity contribution >= 4 is 53.0 Å². The summed E-state index contributed by atoms with van der Waals surface area (Å²) in [4.78, 5) is 38.2. The van der Waals surface area contributed by atoms with Crippen molar-refractivity contribution in [3.8, 4) is 11.5 Å². The molecule has 1 atom stereocenters. The van der Waals surface area contributed by atoms with Gasteiger partial charge in [-0.2, -0.15) is 0 Å². The van der Waals surface area contributed by atoms with Gasteiger partial charge in [0.15, 0.2) is 11.5 Å². The number of hydrogen-bond acceptors (Lipinski definition) is 8. The standard InChI is InChI=1S/C21H28N4O5S.ClH/c1-29-16-9-13(10-18-20(27)24-21(28)31-18)15(11-17(16)30-2)25-8-6-14(12-25)23-19(26)5-3-4-7-22;/h9-11,14H,3-8,12,22H2,1-2H3,(H,23,26)(H,24,27,28);1H/b18-10-;/t14-;/m1./s1. The lowest BCUT2D eigenvalue weighted by Gasteiger charge is -2.23. The highest BCUT2D eigenvalue weighted by molar-refractivity contribution is 8.18. The number of carbonyl (C=O) groups excluding carboxylic acids is 3. The van der Waals surface area contributed by atoms with Crippen LogP contribution in [0.1, 0.15) is 31.2 Å². The number of nitrogens with two attached hydrogens (primary N) is 1. The smallest absolute Gasteiger partial charge is 0.290 e. The number of carbonyl (C=O) groups is 3. The van der Waals surface area contributed by atoms with Crippen LogP contribution < -0.4 is 30.7 Å². The molecule has 2 aliphatic rings. The summed E-state index contributed by atoms with van der Waals surface area (Å²) in [6, 6.07) is 3.68. The Morgan fingerprint density at radius 1 is 1.28 bits per heavy atom. The third-order valence-electron chi connectivity index (χ3n) is 5.21. The number of unbranched alkanes of at least 4 members (excludes halogenated alkanes) is 1. The lowest BCUT2D eigenvalue weighted by molar-refractivity contribution is -0.121. The van der Waals surface area contributed by atoms with Gasteiger partial charge in [0.05, 0.1) is 19.1 Å². The van der Waals surface area contributed by atoms with E-state index in [2.05, 4.69) is 15.5 Å². The number of amides is 3. The van der Waals surface area contributed by atoms with Crippen molar-refractivity contribution in [3.05, 3.63) is 22.6 Å². The number of hydrogen-bond donors (Lipinski definition) is 3. The van der Waals surface area contributed by atoms with Crippen LogP contribution in [0, 0.1) is 0 Å². The molecule has 0 aromatic heterocycles. The topological polar surface area (TPSA) is 123 Å². The molecule has 2 aliphatic heterocycles. The Morgan fingerprint density at radius 2 is 2.00 bits per heavy atom. The number of thioether (sulfide) groups is 1. The summed E-state index contributed by atoms with van der Waals surface area (Å²) in [5, 5.41) is 4.97. The Labute approximate surface area is 197 Å². The quantitative estimate of drug-likeness (QED) is 0.360. The van der Waals surface area contributed by atoms with Crippen molar-refractivity contribution in [2.24, 2.45) is 5.73 Å². The molecule has 4 N–H and O–H groups in total. The Hall–Kier alpha value is -2.43. The summed E-state index contributed by atoms with van der Waals surface area (Å²) < 4.78 is 10.9. The first-order chi connectivity index (χ1) is 14.9. The van der Waals surface area contributed by atoms with E-state index in [-0.39, 0.29) is 24.4 Å². The second kappa shape index (κ2) is 12.0. The zero-order valence-electron chi connectivity index (χ0n) is 18.1. The minimum Gasteiger partial charge on any atom is -0.493 e. The van der Waals surface area contributed by atoms with Gasteiger partial charge in [-0.25, -0.2) is 0 Å². The van der Waals surface area contributed by atoms with Gasteiger partial charge in [-0.3, -0.25) is 19.7 Å². The van der Waals surface area contributed by atoms with E-state index < -0.39 is 11.1 Å². The second-order valence-electron chi connectivity index (χ2n) is 7.36. The SMILES string of the molecule is COc1cc(/C=C2\SC(=O)NC2=O)c(N2CC[C@@H](NC(=O)CCCCN)C2)cc1OC.Cl. The van der Waals surface area contributed by atoms with Gasteiger partial charge in [-0.1, -0.05) is 0 Å². The van der Waals surface area contributed by atoms with Gasteiger partial charge in [0, 0.05) is 42.9 Å². The van der Waals surface area contributed by atoms with E-state index in [0.717, 1.165) is 48.8 Å². The summed E-state index contributed by atoms with van der Waals surface area (Å²) in [6.07, 6.45) is 4.58. The maximum Gasteiger partial charge on any atom is 0.290 e. The molecule has 0 radical (unpaired) electrons. The zero-order valence-corrected chi connectivity index (χ0v) is 19.8. The van der Waals surface area contributed by atoms with Gasteiger partial charge in [-0.05, 0) is 49.7 Å². The number of imide groups is 1. The van der Waals surface area contributed by atoms with Crippen LogP contribution in [-0.2, 0) is 9.59 Å². The predicted octanol–water partition coefficient (Wildman–Crippen LogP) is 2.27. The van der Waals surface area contributed by atoms with Crippen molar-refractivity contribution in [3.63, 3.8) is 0 Å². The lowest BCUT2D eigenvalue weighted by atomic mass is 10.1. The molecule has 2 heterocycles. The molecule has 0 saturated carbocycles. The van der Waals surface area contributed by atoms with Crippen LogP contribution in [-0.4, -0.2) is 56.9 Å². The first kappa shape index (κ1) is 25.8. The van der Waals surface area contributed by atoms with E-state index in [1.54, 1.807) is 26.4 Å². The number of methoxy groups -OCH3 is 2. The zero-order chi connectivity index (χ0) is 22.4. The molecule has 0 aliphatic carbocycles. The fraction of sp³-hybridized carbons (Fsp3) is 0.476. The maximum absolute atomic E-state index is 12.2. The average Bonchev–Trinajstić information content (AvgIpc) is 3.33. The number of ether oxygens (including phenoxy) is 2. The summed E-state index contributed by atoms with van der Waals surface area (Å²) >= 11 is 0.867. The molecule has 3 amide bonds. The number of benzene rings is 1. The molecule has 0 bridgehead atoms. The van der Waals surface area contributed by atoms with Crippen molar-refractivity contribution in [1.82, 2.24) is 10.6 Å². The predicted molar refractivity (Wildman–Crippen MR) is 128 cm³/mol. The van der Waals surface area contributed by atoms with Crippen molar-refractivity contribution in [2.75, 3.05) is 38.8 Å². The number of nitrogens with zero attached hydrogens (tertiary/aromatic N) is 1. The van der Waals surface area contributed by atoms with Crippen LogP contribution in [0.4, 0.5) is 10.5 Å². The van der Waals surface area contributed by atoms with Crippen molar-refractivity contribution < 1.29 is 23.9 Å². The number of nitrogens with one attached hydrogen (secondary N) is 2. The van der Waals surface area contributed by atoms with Crippen LogP contribution in [0.3, 0.4) is 0 Å². The molecule has 0 unspecified atom stereocenters. The van der Waals surface area contributed by atoms with Crippen LogP contribution in [0.2, 0.25) is 0 Å². The van der Waals surface area contributed by atoms with E-state index in [1.165, 1.54) is 0 Å². The van der Waals surface area contributed by atoms with Crippen LogP contribution in [0.15, 0.2) is 17.0 Å². The van der Waals surface area contributed by atoms with E-state index in [1.807, 2.05) is 6.07 Å². The molecule has 2 saturated heterocycles. The number of rotatable bonds is 9. The monoisotopic (exact) mass is 484 g/mol. The van der Waals surface area contributed by atoms with Crippen molar-refractivity contribution in [1.29, 1.82) is 0 Å². The van der Waals surface area contributed by atoms with Gasteiger partial charge in [0.1, 0.15) is 0 Å². The summed E-state index contributed by atoms with van der Waals surface area (Å²) in [5.41, 5.74) is 7.07. The molecular formula is C21H29ClN4O5S. The number of anilines is 1. The Kier molecular flexibility index (Phi) is 9.67. The van der Waals surface area contributed by atoms with Crippen LogP contribution >= 0.6 is 24.2 Å². The second-order valence-corrected chi connectivity index (χ2v) is 8.38. The van der Waals surface area contributed by atoms with Crippen LogP contribution in [0.5, 0.6) is 11.5 Å². The Balaban J connectivity index is 0.00000363. The molecule has 3 rings (SSSR count). The van der Waals surface area contributed by atoms with Gasteiger partial charge in [0.25, 0.3) is 11.1 Å². The molecule has 11 heteroatoms. The van der Waals surface area contributed by atoms with E-state index in [9.17, 15) is 14.4 Å². The minimum absolute atomic E-state index is 0. The minimum atomic E-state index is -0.417. The highest BCUT2D eigenvalue weighted by Crippen LogP contribution is 2.39. The summed E-state index contributed by atoms with van der Waals surface area (Å²) in [6.45, 7) is 1.95. The molecular weight excluding hydrogens is 456 g/mol. The van der Waals surface area contributed by atoms with Crippen LogP contribution in [0.25, 0.3) is 6.08 Å². The average molecular weight is 485 g/mol. The highest BCUT2D eigenvalue weighted by Gasteiger charge is 2.29. The fourth-order valence-corrected chi connectivity index (χ4v) is 4.34. The first-order valence-electron chi connectivity index (χ1n) is 10.2. The largest absolute Gasteiger partial charge is 0.493 e. The van der Waals surface area contributed by atoms with Gasteiger partial charge < -0.3 is 25.4 Å². The Morgan fingerprint density at radius 3 is 2.62 bits per heavy atom. The number of halogens is 1. The molecule has 1 aromatic carbocycles. The van der Waals surface area contributed by atoms with E-state index in [4.69, 9.17) is 15.2 Å². The van der Waals surface area contributed by atoms with Gasteiger partial charge >= 0.3 is 0 Å². The van der Waals surface area contributed by atoms with Crippen molar-refractivity contribution in [2.45, 2.75) is 31.7 Å². The summed E-state index contributed by atoms with van der Waals surface area (Å²) in [7, 11) is 3.11. The third-order valence-corrected chi connectivity index (χ3v) is 6.02. The fourth-order valence-electron chi connectivity index (χ4n) is 3.66. The van der Waals surface area contributed by atoms with Gasteiger partial charge in [0.2, 0.25) is 5.91 Å². The molecule has 2 fully saturated rings. The Bertz CT molecular complexity index is 895. The maximum atomic E-state index is 12.2. The summed E-state index contributed by atoms with van der Waals surface area (Å²) in [5.74, 6) is 0.706. The molecule has 32 heavy (non-hydrogen) atoms. The highest BCUT2D eigenvalue weighted by atomic mass is 35.5. The van der Waals surface area contributed by atoms with E-state index in [0.29, 0.717) is 35.9 Å². The van der Waals surface area contributed by atoms with Gasteiger partial charge in [-0.15, -0.1) is 12.4 Å². The normalized spacial score (nSPS) is 19.0. The first-order valence-corrected chi connectivity index (χ1v) is 11.0. The molecule has 176 valence electrons.